The van der Waals surface area contributed by atoms with Gasteiger partial charge in [0.2, 0.25) is 0 Å². The molecular formula is C26H34FN3O2. The predicted molar refractivity (Wildman–Crippen MR) is 128 cm³/mol. The number of amides is 1. The van der Waals surface area contributed by atoms with Gasteiger partial charge in [-0.15, -0.1) is 0 Å². The standard InChI is InChI=1S/C26H34FN3O2/c1-5-6-18(2)32-22-8-9-23-19(15-22)11-14-30(26(23)31)20-7-10-25(24(27)16-20)29-13-12-21(17-29)28(3)4/h7-10,15-16,18,21H,5-6,11-14,17H2,1-4H3/t18?,21-/m1/s1. The number of halogens is 1. The van der Waals surface area contributed by atoms with Crippen molar-refractivity contribution in [3.05, 3.63) is 53.3 Å². The summed E-state index contributed by atoms with van der Waals surface area (Å²) in [5.74, 6) is 0.456. The van der Waals surface area contributed by atoms with Gasteiger partial charge < -0.3 is 19.4 Å². The van der Waals surface area contributed by atoms with E-state index < -0.39 is 0 Å². The van der Waals surface area contributed by atoms with Crippen molar-refractivity contribution in [2.45, 2.75) is 51.7 Å². The molecule has 0 saturated carbocycles. The summed E-state index contributed by atoms with van der Waals surface area (Å²) < 4.78 is 21.0. The van der Waals surface area contributed by atoms with Gasteiger partial charge in [-0.25, -0.2) is 4.39 Å². The van der Waals surface area contributed by atoms with E-state index in [0.29, 0.717) is 29.5 Å². The molecule has 0 aliphatic carbocycles. The Hall–Kier alpha value is -2.60. The highest BCUT2D eigenvalue weighted by Crippen LogP contribution is 2.32. The first kappa shape index (κ1) is 22.6. The monoisotopic (exact) mass is 439 g/mol. The van der Waals surface area contributed by atoms with Gasteiger partial charge in [-0.1, -0.05) is 13.3 Å². The van der Waals surface area contributed by atoms with Crippen LogP contribution in [0.15, 0.2) is 36.4 Å². The third kappa shape index (κ3) is 4.60. The van der Waals surface area contributed by atoms with Crippen LogP contribution in [0.25, 0.3) is 0 Å². The van der Waals surface area contributed by atoms with Gasteiger partial charge >= 0.3 is 0 Å². The van der Waals surface area contributed by atoms with Gasteiger partial charge in [0.15, 0.2) is 0 Å². The van der Waals surface area contributed by atoms with Crippen LogP contribution in [0.5, 0.6) is 5.75 Å². The van der Waals surface area contributed by atoms with Gasteiger partial charge in [0.1, 0.15) is 11.6 Å². The number of carbonyl (C=O) groups excluding carboxylic acids is 1. The Morgan fingerprint density at radius 3 is 2.69 bits per heavy atom. The van der Waals surface area contributed by atoms with Gasteiger partial charge in [-0.3, -0.25) is 4.79 Å². The lowest BCUT2D eigenvalue weighted by molar-refractivity contribution is 0.0980. The zero-order valence-corrected chi connectivity index (χ0v) is 19.6. The molecule has 2 atom stereocenters. The van der Waals surface area contributed by atoms with Crippen molar-refractivity contribution in [2.75, 3.05) is 43.5 Å². The zero-order valence-electron chi connectivity index (χ0n) is 19.6. The molecule has 1 amide bonds. The lowest BCUT2D eigenvalue weighted by Crippen LogP contribution is -2.37. The number of carbonyl (C=O) groups is 1. The second-order valence-corrected chi connectivity index (χ2v) is 9.23. The molecular weight excluding hydrogens is 405 g/mol. The largest absolute Gasteiger partial charge is 0.491 e. The Morgan fingerprint density at radius 2 is 2.00 bits per heavy atom. The number of fused-ring (bicyclic) bond motifs is 1. The fraction of sp³-hybridized carbons (Fsp3) is 0.500. The number of benzene rings is 2. The molecule has 2 aromatic rings. The van der Waals surface area contributed by atoms with Crippen LogP contribution in [0.3, 0.4) is 0 Å². The zero-order chi connectivity index (χ0) is 22.8. The van der Waals surface area contributed by atoms with E-state index in [1.165, 1.54) is 6.07 Å². The summed E-state index contributed by atoms with van der Waals surface area (Å²) in [4.78, 5) is 19.1. The number of nitrogens with zero attached hydrogens (tertiary/aromatic N) is 3. The van der Waals surface area contributed by atoms with E-state index in [4.69, 9.17) is 4.74 Å². The molecule has 2 aromatic carbocycles. The summed E-state index contributed by atoms with van der Waals surface area (Å²) in [7, 11) is 4.13. The van der Waals surface area contributed by atoms with Crippen LogP contribution in [0.4, 0.5) is 15.8 Å². The molecule has 0 spiro atoms. The molecule has 0 N–H and O–H groups in total. The van der Waals surface area contributed by atoms with Crippen molar-refractivity contribution in [1.82, 2.24) is 4.90 Å². The Balaban J connectivity index is 1.49. The number of hydrogen-bond donors (Lipinski definition) is 0. The average molecular weight is 440 g/mol. The summed E-state index contributed by atoms with van der Waals surface area (Å²) in [5.41, 5.74) is 2.90. The van der Waals surface area contributed by atoms with Gasteiger partial charge in [0, 0.05) is 36.9 Å². The molecule has 2 aliphatic rings. The molecule has 5 nitrogen and oxygen atoms in total. The topological polar surface area (TPSA) is 36.0 Å². The van der Waals surface area contributed by atoms with Gasteiger partial charge in [-0.2, -0.15) is 0 Å². The summed E-state index contributed by atoms with van der Waals surface area (Å²) >= 11 is 0. The number of ether oxygens (including phenoxy) is 1. The Labute approximate surface area is 190 Å². The minimum Gasteiger partial charge on any atom is -0.491 e. The molecule has 1 saturated heterocycles. The van der Waals surface area contributed by atoms with E-state index in [-0.39, 0.29) is 17.8 Å². The van der Waals surface area contributed by atoms with Gasteiger partial charge in [0.05, 0.1) is 11.8 Å². The number of anilines is 2. The average Bonchev–Trinajstić information content (AvgIpc) is 3.24. The lowest BCUT2D eigenvalue weighted by Gasteiger charge is -2.30. The first-order valence-electron chi connectivity index (χ1n) is 11.7. The molecule has 1 unspecified atom stereocenters. The first-order chi connectivity index (χ1) is 15.4. The van der Waals surface area contributed by atoms with E-state index >= 15 is 4.39 Å². The van der Waals surface area contributed by atoms with Crippen LogP contribution < -0.4 is 14.5 Å². The highest BCUT2D eigenvalue weighted by atomic mass is 19.1. The Kier molecular flexibility index (Phi) is 6.70. The molecule has 172 valence electrons. The van der Waals surface area contributed by atoms with E-state index in [2.05, 4.69) is 37.7 Å². The molecule has 6 heteroatoms. The van der Waals surface area contributed by atoms with Crippen molar-refractivity contribution >= 4 is 17.3 Å². The normalized spacial score (nSPS) is 19.4. The van der Waals surface area contributed by atoms with Crippen molar-refractivity contribution < 1.29 is 13.9 Å². The van der Waals surface area contributed by atoms with Crippen molar-refractivity contribution in [2.24, 2.45) is 0 Å². The quantitative estimate of drug-likeness (QED) is 0.625. The fourth-order valence-corrected chi connectivity index (χ4v) is 4.78. The highest BCUT2D eigenvalue weighted by Gasteiger charge is 2.29. The molecule has 0 radical (unpaired) electrons. The minimum atomic E-state index is -0.269. The predicted octanol–water partition coefficient (Wildman–Crippen LogP) is 4.74. The van der Waals surface area contributed by atoms with Crippen LogP contribution in [0.1, 0.15) is 49.0 Å². The molecule has 0 aromatic heterocycles. The van der Waals surface area contributed by atoms with E-state index in [9.17, 15) is 4.79 Å². The van der Waals surface area contributed by atoms with Crippen molar-refractivity contribution in [3.8, 4) is 5.75 Å². The smallest absolute Gasteiger partial charge is 0.258 e. The Morgan fingerprint density at radius 1 is 1.19 bits per heavy atom. The van der Waals surface area contributed by atoms with Crippen LogP contribution in [-0.4, -0.2) is 56.7 Å². The summed E-state index contributed by atoms with van der Waals surface area (Å²) in [6, 6.07) is 11.3. The van der Waals surface area contributed by atoms with Crippen LogP contribution in [-0.2, 0) is 6.42 Å². The Bertz CT molecular complexity index is 978. The van der Waals surface area contributed by atoms with Gasteiger partial charge in [0.25, 0.3) is 5.91 Å². The first-order valence-corrected chi connectivity index (χ1v) is 11.7. The maximum Gasteiger partial charge on any atom is 0.258 e. The SMILES string of the molecule is CCCC(C)Oc1ccc2c(c1)CCN(c1ccc(N3CC[C@@H](N(C)C)C3)c(F)c1)C2=O. The molecule has 2 aliphatic heterocycles. The number of hydrogen-bond acceptors (Lipinski definition) is 4. The van der Waals surface area contributed by atoms with Crippen molar-refractivity contribution in [3.63, 3.8) is 0 Å². The number of likely N-dealkylation sites (N-methyl/N-ethyl adjacent to an activating group) is 1. The highest BCUT2D eigenvalue weighted by molar-refractivity contribution is 6.08. The second-order valence-electron chi connectivity index (χ2n) is 9.23. The summed E-state index contributed by atoms with van der Waals surface area (Å²) in [6.07, 6.45) is 3.97. The lowest BCUT2D eigenvalue weighted by atomic mass is 9.98. The maximum atomic E-state index is 15.0. The third-order valence-corrected chi connectivity index (χ3v) is 6.67. The minimum absolute atomic E-state index is 0.0830. The van der Waals surface area contributed by atoms with Crippen LogP contribution in [0, 0.1) is 5.82 Å². The van der Waals surface area contributed by atoms with Crippen molar-refractivity contribution in [1.29, 1.82) is 0 Å². The summed E-state index contributed by atoms with van der Waals surface area (Å²) in [6.45, 7) is 6.40. The van der Waals surface area contributed by atoms with E-state index in [0.717, 1.165) is 50.1 Å². The molecule has 4 rings (SSSR count). The summed E-state index contributed by atoms with van der Waals surface area (Å²) in [5, 5.41) is 0. The van der Waals surface area contributed by atoms with E-state index in [1.54, 1.807) is 4.90 Å². The van der Waals surface area contributed by atoms with Gasteiger partial charge in [-0.05, 0) is 82.2 Å². The molecule has 2 heterocycles. The third-order valence-electron chi connectivity index (χ3n) is 6.67. The molecule has 32 heavy (non-hydrogen) atoms. The molecule has 1 fully saturated rings. The van der Waals surface area contributed by atoms with E-state index in [1.807, 2.05) is 30.3 Å². The number of rotatable bonds is 7. The molecule has 0 bridgehead atoms. The van der Waals surface area contributed by atoms with Crippen LogP contribution >= 0.6 is 0 Å². The second kappa shape index (κ2) is 9.49. The van der Waals surface area contributed by atoms with Crippen LogP contribution in [0.2, 0.25) is 0 Å². The fourth-order valence-electron chi connectivity index (χ4n) is 4.78. The maximum absolute atomic E-state index is 15.0.